The molecule has 0 bridgehead atoms. The Morgan fingerprint density at radius 1 is 1.13 bits per heavy atom. The number of nitrogens with one attached hydrogen (secondary N) is 1. The summed E-state index contributed by atoms with van der Waals surface area (Å²) in [5.41, 5.74) is 4.51. The van der Waals surface area contributed by atoms with Crippen LogP contribution >= 0.6 is 0 Å². The van der Waals surface area contributed by atoms with Crippen molar-refractivity contribution in [2.45, 2.75) is 71.1 Å². The van der Waals surface area contributed by atoms with E-state index in [2.05, 4.69) is 53.2 Å². The van der Waals surface area contributed by atoms with Crippen molar-refractivity contribution in [1.29, 1.82) is 0 Å². The van der Waals surface area contributed by atoms with Crippen molar-refractivity contribution in [2.24, 2.45) is 0 Å². The average Bonchev–Trinajstić information content (AvgIpc) is 3.23. The normalized spacial score (nSPS) is 23.5. The molecule has 2 aliphatic heterocycles. The van der Waals surface area contributed by atoms with Gasteiger partial charge in [-0.05, 0) is 56.8 Å². The number of morpholine rings is 1. The number of rotatable bonds is 5. The summed E-state index contributed by atoms with van der Waals surface area (Å²) >= 11 is 0. The Morgan fingerprint density at radius 3 is 2.39 bits per heavy atom. The molecule has 1 aromatic heterocycles. The lowest BCUT2D eigenvalue weighted by molar-refractivity contribution is -0.0586. The molecule has 31 heavy (non-hydrogen) atoms. The molecule has 4 rings (SSSR count). The number of amides is 1. The van der Waals surface area contributed by atoms with E-state index >= 15 is 0 Å². The van der Waals surface area contributed by atoms with E-state index in [0.29, 0.717) is 24.9 Å². The van der Waals surface area contributed by atoms with Crippen LogP contribution in [0.3, 0.4) is 0 Å². The van der Waals surface area contributed by atoms with Crippen LogP contribution in [0, 0.1) is 0 Å². The average molecular weight is 425 g/mol. The number of carbonyl (C=O) groups is 1. The molecule has 3 heterocycles. The lowest BCUT2D eigenvalue weighted by atomic mass is 9.90. The molecule has 6 heteroatoms. The van der Waals surface area contributed by atoms with Gasteiger partial charge in [0.25, 0.3) is 5.91 Å². The number of aromatic nitrogens is 2. The van der Waals surface area contributed by atoms with Crippen LogP contribution in [0.5, 0.6) is 0 Å². The molecule has 2 saturated heterocycles. The van der Waals surface area contributed by atoms with Crippen LogP contribution in [0.2, 0.25) is 0 Å². The minimum Gasteiger partial charge on any atom is -0.372 e. The second-order valence-corrected chi connectivity index (χ2v) is 9.61. The Labute approximate surface area is 186 Å². The van der Waals surface area contributed by atoms with Gasteiger partial charge >= 0.3 is 0 Å². The molecule has 2 unspecified atom stereocenters. The van der Waals surface area contributed by atoms with Crippen molar-refractivity contribution in [1.82, 2.24) is 20.0 Å². The first-order valence-corrected chi connectivity index (χ1v) is 11.7. The van der Waals surface area contributed by atoms with E-state index in [-0.39, 0.29) is 18.1 Å². The van der Waals surface area contributed by atoms with E-state index in [1.165, 1.54) is 11.1 Å². The fraction of sp³-hybridized carbons (Fsp3) is 0.600. The second-order valence-electron chi connectivity index (χ2n) is 9.61. The number of hydrogen-bond donors (Lipinski definition) is 1. The highest BCUT2D eigenvalue weighted by Gasteiger charge is 2.31. The van der Waals surface area contributed by atoms with E-state index < -0.39 is 0 Å². The van der Waals surface area contributed by atoms with Crippen LogP contribution in [-0.2, 0) is 11.3 Å². The minimum atomic E-state index is 0.0703. The number of aromatic amines is 1. The molecule has 2 fully saturated rings. The van der Waals surface area contributed by atoms with Gasteiger partial charge < -0.3 is 9.64 Å². The van der Waals surface area contributed by atoms with Crippen LogP contribution in [-0.4, -0.2) is 64.3 Å². The van der Waals surface area contributed by atoms with Gasteiger partial charge in [-0.15, -0.1) is 0 Å². The molecule has 0 saturated carbocycles. The maximum absolute atomic E-state index is 13.2. The van der Waals surface area contributed by atoms with E-state index in [1.54, 1.807) is 6.20 Å². The van der Waals surface area contributed by atoms with Crippen LogP contribution in [0.25, 0.3) is 0 Å². The summed E-state index contributed by atoms with van der Waals surface area (Å²) in [7, 11) is 0. The summed E-state index contributed by atoms with van der Waals surface area (Å²) in [6, 6.07) is 9.03. The largest absolute Gasteiger partial charge is 0.372 e. The Morgan fingerprint density at radius 2 is 1.77 bits per heavy atom. The van der Waals surface area contributed by atoms with Crippen molar-refractivity contribution in [3.05, 3.63) is 52.8 Å². The van der Waals surface area contributed by atoms with Gasteiger partial charge in [0.05, 0.1) is 29.7 Å². The number of hydrogen-bond acceptors (Lipinski definition) is 4. The molecule has 0 radical (unpaired) electrons. The van der Waals surface area contributed by atoms with Crippen LogP contribution < -0.4 is 0 Å². The third kappa shape index (κ3) is 5.18. The van der Waals surface area contributed by atoms with Gasteiger partial charge in [0.1, 0.15) is 0 Å². The molecule has 1 amide bonds. The van der Waals surface area contributed by atoms with Gasteiger partial charge in [-0.1, -0.05) is 38.1 Å². The molecular weight excluding hydrogens is 388 g/mol. The summed E-state index contributed by atoms with van der Waals surface area (Å²) < 4.78 is 5.79. The molecule has 168 valence electrons. The smallest absolute Gasteiger partial charge is 0.257 e. The van der Waals surface area contributed by atoms with E-state index in [9.17, 15) is 4.79 Å². The fourth-order valence-electron chi connectivity index (χ4n) is 4.94. The molecule has 1 N–H and O–H groups in total. The summed E-state index contributed by atoms with van der Waals surface area (Å²) in [4.78, 5) is 17.6. The number of likely N-dealkylation sites (tertiary alicyclic amines) is 1. The second kappa shape index (κ2) is 9.53. The number of H-pyrrole nitrogens is 1. The molecular formula is C25H36N4O2. The van der Waals surface area contributed by atoms with Gasteiger partial charge in [0, 0.05) is 25.6 Å². The third-order valence-electron chi connectivity index (χ3n) is 6.65. The van der Waals surface area contributed by atoms with Crippen molar-refractivity contribution >= 4 is 5.91 Å². The maximum atomic E-state index is 13.2. The summed E-state index contributed by atoms with van der Waals surface area (Å²) in [6.45, 7) is 12.9. The maximum Gasteiger partial charge on any atom is 0.257 e. The summed E-state index contributed by atoms with van der Waals surface area (Å²) in [5, 5.41) is 7.40. The Hall–Kier alpha value is -2.18. The lowest BCUT2D eigenvalue weighted by Gasteiger charge is -2.36. The van der Waals surface area contributed by atoms with Crippen molar-refractivity contribution in [3.8, 4) is 0 Å². The zero-order chi connectivity index (χ0) is 22.0. The quantitative estimate of drug-likeness (QED) is 0.783. The van der Waals surface area contributed by atoms with Gasteiger partial charge in [-0.25, -0.2) is 0 Å². The molecule has 2 atom stereocenters. The number of carbonyl (C=O) groups excluding carboxylic acids is 1. The Kier molecular flexibility index (Phi) is 6.77. The Balaban J connectivity index is 1.35. The zero-order valence-electron chi connectivity index (χ0n) is 19.3. The SMILES string of the molecule is CC1CN(C(=O)c2cn[nH]c2C2CCN(Cc3ccc(C(C)C)cc3)CC2)CC(C)O1. The fourth-order valence-corrected chi connectivity index (χ4v) is 4.94. The zero-order valence-corrected chi connectivity index (χ0v) is 19.3. The van der Waals surface area contributed by atoms with Crippen LogP contribution in [0.4, 0.5) is 0 Å². The molecule has 2 aliphatic rings. The number of benzene rings is 1. The first kappa shape index (κ1) is 22.0. The van der Waals surface area contributed by atoms with E-state index in [4.69, 9.17) is 4.74 Å². The first-order valence-electron chi connectivity index (χ1n) is 11.7. The molecule has 6 nitrogen and oxygen atoms in total. The lowest BCUT2D eigenvalue weighted by Crippen LogP contribution is -2.48. The number of piperidine rings is 1. The standard InChI is InChI=1S/C25H36N4O2/c1-17(2)21-7-5-20(6-8-21)16-28-11-9-22(10-12-28)24-23(13-26-27-24)25(30)29-14-18(3)31-19(4)15-29/h5-8,13,17-19,22H,9-12,14-16H2,1-4H3,(H,26,27). The molecule has 1 aromatic carbocycles. The predicted octanol–water partition coefficient (Wildman–Crippen LogP) is 4.16. The summed E-state index contributed by atoms with van der Waals surface area (Å²) in [6.07, 6.45) is 3.94. The predicted molar refractivity (Wildman–Crippen MR) is 122 cm³/mol. The highest BCUT2D eigenvalue weighted by Crippen LogP contribution is 2.30. The topological polar surface area (TPSA) is 61.5 Å². The minimum absolute atomic E-state index is 0.0703. The molecule has 0 spiro atoms. The first-order chi connectivity index (χ1) is 14.9. The number of nitrogens with zero attached hydrogens (tertiary/aromatic N) is 3. The Bertz CT molecular complexity index is 858. The van der Waals surface area contributed by atoms with Crippen LogP contribution in [0.1, 0.15) is 79.6 Å². The van der Waals surface area contributed by atoms with Gasteiger partial charge in [-0.2, -0.15) is 5.10 Å². The van der Waals surface area contributed by atoms with Crippen molar-refractivity contribution < 1.29 is 9.53 Å². The third-order valence-corrected chi connectivity index (χ3v) is 6.65. The van der Waals surface area contributed by atoms with Crippen molar-refractivity contribution in [2.75, 3.05) is 26.2 Å². The van der Waals surface area contributed by atoms with Gasteiger partial charge in [0.15, 0.2) is 0 Å². The van der Waals surface area contributed by atoms with Gasteiger partial charge in [0.2, 0.25) is 0 Å². The monoisotopic (exact) mass is 424 g/mol. The van der Waals surface area contributed by atoms with E-state index in [1.807, 2.05) is 18.7 Å². The highest BCUT2D eigenvalue weighted by atomic mass is 16.5. The molecule has 2 aromatic rings. The highest BCUT2D eigenvalue weighted by molar-refractivity contribution is 5.95. The van der Waals surface area contributed by atoms with Crippen molar-refractivity contribution in [3.63, 3.8) is 0 Å². The van der Waals surface area contributed by atoms with E-state index in [0.717, 1.165) is 43.7 Å². The molecule has 0 aliphatic carbocycles. The summed E-state index contributed by atoms with van der Waals surface area (Å²) in [5.74, 6) is 1.01. The van der Waals surface area contributed by atoms with Crippen LogP contribution in [0.15, 0.2) is 30.5 Å². The van der Waals surface area contributed by atoms with Gasteiger partial charge in [-0.3, -0.25) is 14.8 Å². The number of ether oxygens (including phenoxy) is 1.